The average Bonchev–Trinajstić information content (AvgIpc) is 3.09. The molecule has 1 N–H and O–H groups in total. The number of nitrogens with one attached hydrogen (secondary N) is 1. The molecule has 1 aliphatic heterocycles. The summed E-state index contributed by atoms with van der Waals surface area (Å²) < 4.78 is 6.92. The summed E-state index contributed by atoms with van der Waals surface area (Å²) in [5.74, 6) is 0.808. The molecule has 0 aliphatic carbocycles. The minimum absolute atomic E-state index is 0.0496. The Labute approximate surface area is 216 Å². The van der Waals surface area contributed by atoms with Gasteiger partial charge in [0.2, 0.25) is 5.91 Å². The first-order valence-electron chi connectivity index (χ1n) is 12.6. The van der Waals surface area contributed by atoms with E-state index in [0.717, 1.165) is 30.3 Å². The molecule has 0 saturated carbocycles. The van der Waals surface area contributed by atoms with E-state index in [-0.39, 0.29) is 18.4 Å². The fraction of sp³-hybridized carbons (Fsp3) is 0.310. The molecule has 0 radical (unpaired) electrons. The fourth-order valence-electron chi connectivity index (χ4n) is 5.18. The molecule has 2 aromatic carbocycles. The molecule has 8 heteroatoms. The highest BCUT2D eigenvalue weighted by molar-refractivity contribution is 6.06. The van der Waals surface area contributed by atoms with E-state index in [2.05, 4.69) is 34.6 Å². The number of anilines is 1. The van der Waals surface area contributed by atoms with E-state index in [1.54, 1.807) is 18.5 Å². The summed E-state index contributed by atoms with van der Waals surface area (Å²) in [6.07, 6.45) is 6.38. The van der Waals surface area contributed by atoms with Crippen molar-refractivity contribution in [2.75, 3.05) is 32.1 Å². The van der Waals surface area contributed by atoms with Gasteiger partial charge in [0.05, 0.1) is 16.7 Å². The molecular formula is C29H31N5O3. The van der Waals surface area contributed by atoms with Crippen molar-refractivity contribution in [3.05, 3.63) is 78.1 Å². The molecule has 0 spiro atoms. The zero-order valence-corrected chi connectivity index (χ0v) is 21.2. The van der Waals surface area contributed by atoms with Crippen LogP contribution in [0, 0.1) is 0 Å². The van der Waals surface area contributed by atoms with Gasteiger partial charge in [0, 0.05) is 50.8 Å². The summed E-state index contributed by atoms with van der Waals surface area (Å²) in [6, 6.07) is 17.9. The molecular weight excluding hydrogens is 466 g/mol. The molecule has 2 aromatic heterocycles. The molecule has 1 fully saturated rings. The quantitative estimate of drug-likeness (QED) is 0.420. The molecule has 2 amide bonds. The zero-order valence-electron chi connectivity index (χ0n) is 21.2. The first kappa shape index (κ1) is 24.6. The lowest BCUT2D eigenvalue weighted by Gasteiger charge is -2.21. The Kier molecular flexibility index (Phi) is 7.28. The van der Waals surface area contributed by atoms with Gasteiger partial charge < -0.3 is 19.5 Å². The molecule has 1 atom stereocenters. The van der Waals surface area contributed by atoms with Crippen LogP contribution in [0.25, 0.3) is 22.4 Å². The molecule has 5 rings (SSSR count). The van der Waals surface area contributed by atoms with Crippen molar-refractivity contribution in [1.82, 2.24) is 19.4 Å². The Morgan fingerprint density at radius 1 is 1.08 bits per heavy atom. The second-order valence-electron chi connectivity index (χ2n) is 9.44. The van der Waals surface area contributed by atoms with E-state index in [1.165, 1.54) is 12.7 Å². The van der Waals surface area contributed by atoms with Crippen LogP contribution in [0.2, 0.25) is 0 Å². The number of carbonyl (C=O) groups excluding carboxylic acids is 2. The maximum atomic E-state index is 13.7. The largest absolute Gasteiger partial charge is 0.375 e. The molecule has 4 aromatic rings. The number of hydrogen-bond acceptors (Lipinski definition) is 5. The van der Waals surface area contributed by atoms with Crippen LogP contribution >= 0.6 is 0 Å². The van der Waals surface area contributed by atoms with E-state index in [0.29, 0.717) is 41.6 Å². The van der Waals surface area contributed by atoms with Crippen LogP contribution < -0.4 is 5.32 Å². The van der Waals surface area contributed by atoms with E-state index >= 15 is 0 Å². The highest BCUT2D eigenvalue weighted by atomic mass is 16.5. The molecule has 1 aliphatic rings. The van der Waals surface area contributed by atoms with Gasteiger partial charge in [-0.05, 0) is 55.0 Å². The Morgan fingerprint density at radius 2 is 1.92 bits per heavy atom. The van der Waals surface area contributed by atoms with E-state index in [1.807, 2.05) is 40.8 Å². The van der Waals surface area contributed by atoms with Crippen molar-refractivity contribution in [1.29, 1.82) is 0 Å². The Hall–Kier alpha value is -4.04. The van der Waals surface area contributed by atoms with Gasteiger partial charge in [0.15, 0.2) is 0 Å². The summed E-state index contributed by atoms with van der Waals surface area (Å²) in [7, 11) is 3.37. The first-order valence-corrected chi connectivity index (χ1v) is 12.6. The predicted molar refractivity (Wildman–Crippen MR) is 143 cm³/mol. The fourth-order valence-corrected chi connectivity index (χ4v) is 5.18. The number of aromatic nitrogens is 3. The van der Waals surface area contributed by atoms with Gasteiger partial charge in [-0.15, -0.1) is 0 Å². The maximum Gasteiger partial charge on any atom is 0.254 e. The third-order valence-corrected chi connectivity index (χ3v) is 6.97. The number of aryl methyl sites for hydroxylation is 1. The van der Waals surface area contributed by atoms with Crippen LogP contribution in [0.15, 0.2) is 67.0 Å². The van der Waals surface area contributed by atoms with E-state index < -0.39 is 0 Å². The van der Waals surface area contributed by atoms with Crippen LogP contribution in [-0.2, 0) is 16.6 Å². The lowest BCUT2D eigenvalue weighted by Crippen LogP contribution is -2.32. The number of pyridine rings is 1. The highest BCUT2D eigenvalue weighted by Crippen LogP contribution is 2.32. The number of likely N-dealkylation sites (tertiary alicyclic amines) is 1. The van der Waals surface area contributed by atoms with Gasteiger partial charge in [0.25, 0.3) is 5.91 Å². The topological polar surface area (TPSA) is 89.3 Å². The van der Waals surface area contributed by atoms with Crippen molar-refractivity contribution >= 4 is 28.5 Å². The van der Waals surface area contributed by atoms with Gasteiger partial charge in [-0.1, -0.05) is 30.3 Å². The lowest BCUT2D eigenvalue weighted by molar-refractivity contribution is -0.119. The molecule has 1 unspecified atom stereocenters. The van der Waals surface area contributed by atoms with Crippen molar-refractivity contribution in [3.63, 3.8) is 0 Å². The number of rotatable bonds is 6. The van der Waals surface area contributed by atoms with Crippen molar-refractivity contribution < 1.29 is 14.3 Å². The van der Waals surface area contributed by atoms with Gasteiger partial charge in [0.1, 0.15) is 12.4 Å². The van der Waals surface area contributed by atoms with Gasteiger partial charge >= 0.3 is 0 Å². The van der Waals surface area contributed by atoms with Gasteiger partial charge in [-0.3, -0.25) is 14.6 Å². The molecule has 37 heavy (non-hydrogen) atoms. The second kappa shape index (κ2) is 10.9. The summed E-state index contributed by atoms with van der Waals surface area (Å²) in [5.41, 5.74) is 4.59. The van der Waals surface area contributed by atoms with Gasteiger partial charge in [-0.2, -0.15) is 0 Å². The zero-order chi connectivity index (χ0) is 25.8. The number of ether oxygens (including phenoxy) is 1. The van der Waals surface area contributed by atoms with E-state index in [9.17, 15) is 9.59 Å². The second-order valence-corrected chi connectivity index (χ2v) is 9.44. The van der Waals surface area contributed by atoms with Crippen LogP contribution in [0.5, 0.6) is 0 Å². The average molecular weight is 498 g/mol. The summed E-state index contributed by atoms with van der Waals surface area (Å²) in [4.78, 5) is 37.1. The monoisotopic (exact) mass is 497 g/mol. The summed E-state index contributed by atoms with van der Waals surface area (Å²) in [5, 5.41) is 2.92. The number of carbonyl (C=O) groups is 2. The minimum Gasteiger partial charge on any atom is -0.375 e. The standard InChI is InChI=1S/C29H31N5O3/c1-33-27-24(31-26(35)19-37-2)16-23(17-25(27)32-28(33)22-10-6-13-30-18-22)29(36)34-14-7-11-21(12-15-34)20-8-4-3-5-9-20/h3-6,8-10,13,16-18,21H,7,11-12,14-15,19H2,1-2H3,(H,31,35). The summed E-state index contributed by atoms with van der Waals surface area (Å²) in [6.45, 7) is 1.31. The van der Waals surface area contributed by atoms with Crippen LogP contribution in [0.1, 0.15) is 41.1 Å². The first-order chi connectivity index (χ1) is 18.0. The summed E-state index contributed by atoms with van der Waals surface area (Å²) >= 11 is 0. The highest BCUT2D eigenvalue weighted by Gasteiger charge is 2.25. The Morgan fingerprint density at radius 3 is 2.68 bits per heavy atom. The molecule has 1 saturated heterocycles. The van der Waals surface area contributed by atoms with E-state index in [4.69, 9.17) is 9.72 Å². The minimum atomic E-state index is -0.294. The number of imidazole rings is 1. The molecule has 190 valence electrons. The predicted octanol–water partition coefficient (Wildman–Crippen LogP) is 4.63. The Balaban J connectivity index is 1.48. The lowest BCUT2D eigenvalue weighted by atomic mass is 9.92. The number of methoxy groups -OCH3 is 1. The molecule has 8 nitrogen and oxygen atoms in total. The SMILES string of the molecule is COCC(=O)Nc1cc(C(=O)N2CCCC(c3ccccc3)CC2)cc2nc(-c3cccnc3)n(C)c12. The maximum absolute atomic E-state index is 13.7. The van der Waals surface area contributed by atoms with Crippen molar-refractivity contribution in [3.8, 4) is 11.4 Å². The Bertz CT molecular complexity index is 1400. The number of nitrogens with zero attached hydrogens (tertiary/aromatic N) is 4. The number of hydrogen-bond donors (Lipinski definition) is 1. The van der Waals surface area contributed by atoms with Crippen LogP contribution in [-0.4, -0.2) is 58.1 Å². The van der Waals surface area contributed by atoms with Crippen molar-refractivity contribution in [2.45, 2.75) is 25.2 Å². The normalized spacial score (nSPS) is 15.9. The van der Waals surface area contributed by atoms with Crippen LogP contribution in [0.4, 0.5) is 5.69 Å². The number of amides is 2. The molecule has 3 heterocycles. The number of benzene rings is 2. The molecule has 0 bridgehead atoms. The van der Waals surface area contributed by atoms with Gasteiger partial charge in [-0.25, -0.2) is 4.98 Å². The van der Waals surface area contributed by atoms with Crippen molar-refractivity contribution in [2.24, 2.45) is 7.05 Å². The third-order valence-electron chi connectivity index (χ3n) is 6.97. The number of fused-ring (bicyclic) bond motifs is 1. The third kappa shape index (κ3) is 5.24. The smallest absolute Gasteiger partial charge is 0.254 e. The van der Waals surface area contributed by atoms with Crippen LogP contribution in [0.3, 0.4) is 0 Å².